The van der Waals surface area contributed by atoms with Crippen LogP contribution < -0.4 is 0 Å². The molecule has 1 aliphatic heterocycles. The average Bonchev–Trinajstić information content (AvgIpc) is 2.30. The van der Waals surface area contributed by atoms with Crippen LogP contribution in [-0.2, 0) is 10.8 Å². The number of carbonyl (C=O) groups is 1. The normalized spacial score (nSPS) is 17.4. The molecule has 1 saturated heterocycles. The van der Waals surface area contributed by atoms with Crippen LogP contribution in [0.15, 0.2) is 18.5 Å². The number of halogens is 1. The van der Waals surface area contributed by atoms with Gasteiger partial charge >= 0.3 is 0 Å². The molecule has 6 heteroatoms. The molecule has 0 bridgehead atoms. The minimum absolute atomic E-state index is 0.0303. The van der Waals surface area contributed by atoms with Gasteiger partial charge in [0.1, 0.15) is 0 Å². The van der Waals surface area contributed by atoms with Crippen molar-refractivity contribution in [2.75, 3.05) is 24.6 Å². The summed E-state index contributed by atoms with van der Waals surface area (Å²) in [7, 11) is -0.839. The highest BCUT2D eigenvalue weighted by atomic mass is 32.2. The van der Waals surface area contributed by atoms with Crippen molar-refractivity contribution in [3.8, 4) is 0 Å². The number of hydrogen-bond acceptors (Lipinski definition) is 3. The number of hydrogen-bond donors (Lipinski definition) is 0. The lowest BCUT2D eigenvalue weighted by Gasteiger charge is -2.26. The molecule has 0 spiro atoms. The standard InChI is InChI=1S/C10H11FN2O2S/c11-9-7-12-2-1-8(9)10(14)13-3-5-16(15)6-4-13/h1-2,7H,3-6H2. The summed E-state index contributed by atoms with van der Waals surface area (Å²) in [6.07, 6.45) is 2.41. The topological polar surface area (TPSA) is 50.3 Å². The van der Waals surface area contributed by atoms with Gasteiger partial charge in [-0.05, 0) is 6.07 Å². The molecule has 0 N–H and O–H groups in total. The lowest BCUT2D eigenvalue weighted by Crippen LogP contribution is -2.42. The van der Waals surface area contributed by atoms with Gasteiger partial charge in [0.05, 0.1) is 11.8 Å². The number of rotatable bonds is 1. The SMILES string of the molecule is O=C(c1ccncc1F)N1CCS(=O)CC1. The van der Waals surface area contributed by atoms with Gasteiger partial charge in [-0.25, -0.2) is 4.39 Å². The van der Waals surface area contributed by atoms with Crippen LogP contribution in [0.3, 0.4) is 0 Å². The van der Waals surface area contributed by atoms with Crippen molar-refractivity contribution in [3.63, 3.8) is 0 Å². The monoisotopic (exact) mass is 242 g/mol. The third-order valence-electron chi connectivity index (χ3n) is 2.47. The summed E-state index contributed by atoms with van der Waals surface area (Å²) in [6.45, 7) is 0.848. The number of carbonyl (C=O) groups excluding carboxylic acids is 1. The fourth-order valence-corrected chi connectivity index (χ4v) is 2.61. The third-order valence-corrected chi connectivity index (χ3v) is 3.74. The molecule has 1 aliphatic rings. The first kappa shape index (κ1) is 11.2. The Kier molecular flexibility index (Phi) is 3.28. The first-order valence-corrected chi connectivity index (χ1v) is 6.41. The van der Waals surface area contributed by atoms with E-state index in [1.807, 2.05) is 0 Å². The molecule has 0 atom stereocenters. The van der Waals surface area contributed by atoms with Crippen LogP contribution in [-0.4, -0.2) is 44.6 Å². The van der Waals surface area contributed by atoms with Crippen molar-refractivity contribution >= 4 is 16.7 Å². The summed E-state index contributed by atoms with van der Waals surface area (Å²) in [5, 5.41) is 0. The molecule has 1 fully saturated rings. The smallest absolute Gasteiger partial charge is 0.257 e. The molecule has 0 aromatic carbocycles. The van der Waals surface area contributed by atoms with Crippen LogP contribution in [0.5, 0.6) is 0 Å². The van der Waals surface area contributed by atoms with E-state index in [0.29, 0.717) is 24.6 Å². The Morgan fingerprint density at radius 1 is 1.44 bits per heavy atom. The Labute approximate surface area is 94.9 Å². The van der Waals surface area contributed by atoms with E-state index in [1.165, 1.54) is 17.2 Å². The molecule has 1 aromatic rings. The molecule has 0 saturated carbocycles. The zero-order valence-corrected chi connectivity index (χ0v) is 9.37. The van der Waals surface area contributed by atoms with E-state index in [9.17, 15) is 13.4 Å². The molecule has 2 heterocycles. The summed E-state index contributed by atoms with van der Waals surface area (Å²) in [5.41, 5.74) is 0.0303. The molecule has 2 rings (SSSR count). The zero-order chi connectivity index (χ0) is 11.5. The van der Waals surface area contributed by atoms with E-state index in [1.54, 1.807) is 0 Å². The summed E-state index contributed by atoms with van der Waals surface area (Å²) < 4.78 is 24.4. The Morgan fingerprint density at radius 2 is 2.12 bits per heavy atom. The second-order valence-electron chi connectivity index (χ2n) is 3.50. The van der Waals surface area contributed by atoms with Gasteiger partial charge in [-0.1, -0.05) is 0 Å². The Hall–Kier alpha value is -1.30. The van der Waals surface area contributed by atoms with Crippen molar-refractivity contribution in [2.24, 2.45) is 0 Å². The van der Waals surface area contributed by atoms with Crippen LogP contribution in [0.2, 0.25) is 0 Å². The maximum absolute atomic E-state index is 13.3. The molecule has 4 nitrogen and oxygen atoms in total. The van der Waals surface area contributed by atoms with Gasteiger partial charge in [-0.2, -0.15) is 0 Å². The van der Waals surface area contributed by atoms with Gasteiger partial charge < -0.3 is 4.90 Å². The van der Waals surface area contributed by atoms with Crippen molar-refractivity contribution in [1.29, 1.82) is 0 Å². The molecule has 16 heavy (non-hydrogen) atoms. The van der Waals surface area contributed by atoms with E-state index < -0.39 is 16.6 Å². The first-order chi connectivity index (χ1) is 7.68. The molecular weight excluding hydrogens is 231 g/mol. The number of amides is 1. The van der Waals surface area contributed by atoms with E-state index in [2.05, 4.69) is 4.98 Å². The quantitative estimate of drug-likeness (QED) is 0.717. The highest BCUT2D eigenvalue weighted by Gasteiger charge is 2.23. The average molecular weight is 242 g/mol. The predicted octanol–water partition coefficient (Wildman–Crippen LogP) is 0.425. The lowest BCUT2D eigenvalue weighted by atomic mass is 10.2. The molecule has 0 unspecified atom stereocenters. The number of aromatic nitrogens is 1. The fraction of sp³-hybridized carbons (Fsp3) is 0.400. The highest BCUT2D eigenvalue weighted by Crippen LogP contribution is 2.10. The molecular formula is C10H11FN2O2S. The van der Waals surface area contributed by atoms with E-state index >= 15 is 0 Å². The van der Waals surface area contributed by atoms with Crippen LogP contribution in [0.25, 0.3) is 0 Å². The van der Waals surface area contributed by atoms with Crippen molar-refractivity contribution in [3.05, 3.63) is 29.8 Å². The minimum atomic E-state index is -0.839. The van der Waals surface area contributed by atoms with E-state index in [4.69, 9.17) is 0 Å². The van der Waals surface area contributed by atoms with Crippen LogP contribution in [0.4, 0.5) is 4.39 Å². The predicted molar refractivity (Wildman–Crippen MR) is 58.0 cm³/mol. The molecule has 1 aromatic heterocycles. The number of pyridine rings is 1. The summed E-state index contributed by atoms with van der Waals surface area (Å²) >= 11 is 0. The lowest BCUT2D eigenvalue weighted by molar-refractivity contribution is 0.0766. The van der Waals surface area contributed by atoms with Gasteiger partial charge in [0.25, 0.3) is 5.91 Å². The van der Waals surface area contributed by atoms with Crippen molar-refractivity contribution < 1.29 is 13.4 Å². The third kappa shape index (κ3) is 2.27. The Balaban J connectivity index is 2.14. The van der Waals surface area contributed by atoms with Gasteiger partial charge in [-0.3, -0.25) is 14.0 Å². The minimum Gasteiger partial charge on any atom is -0.337 e. The number of nitrogens with zero attached hydrogens (tertiary/aromatic N) is 2. The fourth-order valence-electron chi connectivity index (χ4n) is 1.56. The second-order valence-corrected chi connectivity index (χ2v) is 5.19. The van der Waals surface area contributed by atoms with E-state index in [-0.39, 0.29) is 11.5 Å². The van der Waals surface area contributed by atoms with Crippen molar-refractivity contribution in [1.82, 2.24) is 9.88 Å². The summed E-state index contributed by atoms with van der Waals surface area (Å²) in [6, 6.07) is 1.36. The maximum Gasteiger partial charge on any atom is 0.257 e. The van der Waals surface area contributed by atoms with Crippen molar-refractivity contribution in [2.45, 2.75) is 0 Å². The maximum atomic E-state index is 13.3. The summed E-state index contributed by atoms with van der Waals surface area (Å²) in [4.78, 5) is 17.0. The van der Waals surface area contributed by atoms with Crippen LogP contribution in [0, 0.1) is 5.82 Å². The summed E-state index contributed by atoms with van der Waals surface area (Å²) in [5.74, 6) is -0.0209. The van der Waals surface area contributed by atoms with Gasteiger partial charge in [0.2, 0.25) is 0 Å². The molecule has 1 amide bonds. The second kappa shape index (κ2) is 4.69. The van der Waals surface area contributed by atoms with Gasteiger partial charge in [0.15, 0.2) is 5.82 Å². The van der Waals surface area contributed by atoms with Gasteiger partial charge in [0, 0.05) is 41.6 Å². The highest BCUT2D eigenvalue weighted by molar-refractivity contribution is 7.85. The Morgan fingerprint density at radius 3 is 2.75 bits per heavy atom. The molecule has 0 radical (unpaired) electrons. The molecule has 86 valence electrons. The van der Waals surface area contributed by atoms with E-state index in [0.717, 1.165) is 6.20 Å². The Bertz CT molecular complexity index is 429. The van der Waals surface area contributed by atoms with Gasteiger partial charge in [-0.15, -0.1) is 0 Å². The zero-order valence-electron chi connectivity index (χ0n) is 8.56. The van der Waals surface area contributed by atoms with Crippen LogP contribution >= 0.6 is 0 Å². The largest absolute Gasteiger partial charge is 0.337 e. The van der Waals surface area contributed by atoms with Crippen LogP contribution in [0.1, 0.15) is 10.4 Å². The molecule has 0 aliphatic carbocycles. The first-order valence-electron chi connectivity index (χ1n) is 4.92.